The molecule has 0 aliphatic carbocycles. The minimum atomic E-state index is -0.0635. The number of rotatable bonds is 8. The maximum absolute atomic E-state index is 12.2. The molecule has 1 N–H and O–H groups in total. The Hall–Kier alpha value is -3.29. The van der Waals surface area contributed by atoms with Crippen LogP contribution in [0.2, 0.25) is 0 Å². The van der Waals surface area contributed by atoms with E-state index in [4.69, 9.17) is 14.0 Å². The van der Waals surface area contributed by atoms with Crippen molar-refractivity contribution in [3.63, 3.8) is 0 Å². The Morgan fingerprint density at radius 3 is 2.75 bits per heavy atom. The third-order valence-corrected chi connectivity index (χ3v) is 4.45. The normalized spacial score (nSPS) is 11.9. The molecule has 3 aromatic rings. The van der Waals surface area contributed by atoms with E-state index in [1.54, 1.807) is 30.9 Å². The number of amides is 1. The number of aromatic nitrogens is 3. The first-order chi connectivity index (χ1) is 13.5. The van der Waals surface area contributed by atoms with Gasteiger partial charge in [-0.25, -0.2) is 0 Å². The van der Waals surface area contributed by atoms with E-state index in [1.807, 2.05) is 38.2 Å². The van der Waals surface area contributed by atoms with Crippen molar-refractivity contribution in [2.24, 2.45) is 0 Å². The summed E-state index contributed by atoms with van der Waals surface area (Å²) in [6.07, 6.45) is 2.69. The SMILES string of the molecule is CC[C@H](C)NC(=O)Cn1cccc1-c1nc(-c2ccc(OC)c(OC)c2)no1. The van der Waals surface area contributed by atoms with Gasteiger partial charge in [0.2, 0.25) is 11.7 Å². The first-order valence-corrected chi connectivity index (χ1v) is 9.06. The van der Waals surface area contributed by atoms with Crippen molar-refractivity contribution >= 4 is 5.91 Å². The van der Waals surface area contributed by atoms with Crippen LogP contribution in [0.25, 0.3) is 23.0 Å². The van der Waals surface area contributed by atoms with E-state index < -0.39 is 0 Å². The van der Waals surface area contributed by atoms with Gasteiger partial charge in [-0.15, -0.1) is 0 Å². The molecule has 0 unspecified atom stereocenters. The van der Waals surface area contributed by atoms with Gasteiger partial charge in [0.05, 0.1) is 14.2 Å². The number of hydrogen-bond donors (Lipinski definition) is 1. The molecular weight excluding hydrogens is 360 g/mol. The average molecular weight is 384 g/mol. The fourth-order valence-corrected chi connectivity index (χ4v) is 2.74. The minimum Gasteiger partial charge on any atom is -0.493 e. The minimum absolute atomic E-state index is 0.0635. The van der Waals surface area contributed by atoms with Crippen molar-refractivity contribution in [3.8, 4) is 34.5 Å². The van der Waals surface area contributed by atoms with Crippen molar-refractivity contribution in [3.05, 3.63) is 36.5 Å². The maximum Gasteiger partial charge on any atom is 0.274 e. The van der Waals surface area contributed by atoms with Gasteiger partial charge in [-0.3, -0.25) is 4.79 Å². The van der Waals surface area contributed by atoms with Crippen molar-refractivity contribution in [1.29, 1.82) is 0 Å². The Balaban J connectivity index is 1.82. The lowest BCUT2D eigenvalue weighted by atomic mass is 10.2. The molecule has 0 bridgehead atoms. The van der Waals surface area contributed by atoms with Gasteiger partial charge >= 0.3 is 0 Å². The Labute approximate surface area is 163 Å². The zero-order valence-corrected chi connectivity index (χ0v) is 16.4. The molecule has 0 radical (unpaired) electrons. The molecule has 2 aromatic heterocycles. The zero-order chi connectivity index (χ0) is 20.1. The molecule has 0 fully saturated rings. The van der Waals surface area contributed by atoms with Crippen LogP contribution in [-0.4, -0.2) is 40.9 Å². The van der Waals surface area contributed by atoms with Crippen LogP contribution in [0.5, 0.6) is 11.5 Å². The quantitative estimate of drug-likeness (QED) is 0.642. The van der Waals surface area contributed by atoms with Crippen molar-refractivity contribution in [2.45, 2.75) is 32.9 Å². The summed E-state index contributed by atoms with van der Waals surface area (Å²) in [5.41, 5.74) is 1.42. The number of carbonyl (C=O) groups excluding carboxylic acids is 1. The molecular formula is C20H24N4O4. The summed E-state index contributed by atoms with van der Waals surface area (Å²) < 4.78 is 17.8. The highest BCUT2D eigenvalue weighted by atomic mass is 16.5. The number of carbonyl (C=O) groups is 1. The van der Waals surface area contributed by atoms with E-state index in [-0.39, 0.29) is 18.5 Å². The van der Waals surface area contributed by atoms with E-state index in [2.05, 4.69) is 15.5 Å². The molecule has 3 rings (SSSR count). The second-order valence-corrected chi connectivity index (χ2v) is 6.39. The van der Waals surface area contributed by atoms with Gasteiger partial charge in [-0.05, 0) is 43.7 Å². The van der Waals surface area contributed by atoms with Crippen molar-refractivity contribution < 1.29 is 18.8 Å². The van der Waals surface area contributed by atoms with E-state index in [0.717, 1.165) is 12.0 Å². The first-order valence-electron chi connectivity index (χ1n) is 9.06. The first kappa shape index (κ1) is 19.5. The van der Waals surface area contributed by atoms with E-state index >= 15 is 0 Å². The Bertz CT molecular complexity index is 947. The summed E-state index contributed by atoms with van der Waals surface area (Å²) >= 11 is 0. The van der Waals surface area contributed by atoms with Gasteiger partial charge in [-0.2, -0.15) is 4.98 Å². The van der Waals surface area contributed by atoms with Crippen LogP contribution in [0, 0.1) is 0 Å². The van der Waals surface area contributed by atoms with Crippen molar-refractivity contribution in [2.75, 3.05) is 14.2 Å². The van der Waals surface area contributed by atoms with Gasteiger partial charge < -0.3 is 23.9 Å². The lowest BCUT2D eigenvalue weighted by Gasteiger charge is -2.12. The summed E-state index contributed by atoms with van der Waals surface area (Å²) in [5.74, 6) is 1.90. The summed E-state index contributed by atoms with van der Waals surface area (Å²) in [7, 11) is 3.15. The molecule has 0 saturated heterocycles. The summed E-state index contributed by atoms with van der Waals surface area (Å²) in [5, 5.41) is 7.01. The Kier molecular flexibility index (Phi) is 5.98. The second kappa shape index (κ2) is 8.60. The van der Waals surface area contributed by atoms with Gasteiger partial charge in [-0.1, -0.05) is 12.1 Å². The Morgan fingerprint density at radius 2 is 2.04 bits per heavy atom. The number of benzene rings is 1. The summed E-state index contributed by atoms with van der Waals surface area (Å²) in [4.78, 5) is 16.7. The lowest BCUT2D eigenvalue weighted by molar-refractivity contribution is -0.122. The van der Waals surface area contributed by atoms with E-state index in [1.165, 1.54) is 0 Å². The van der Waals surface area contributed by atoms with Crippen LogP contribution < -0.4 is 14.8 Å². The Morgan fingerprint density at radius 1 is 1.25 bits per heavy atom. The molecule has 0 saturated carbocycles. The molecule has 28 heavy (non-hydrogen) atoms. The predicted molar refractivity (Wildman–Crippen MR) is 104 cm³/mol. The molecule has 8 nitrogen and oxygen atoms in total. The van der Waals surface area contributed by atoms with Crippen LogP contribution in [0.4, 0.5) is 0 Å². The van der Waals surface area contributed by atoms with E-state index in [0.29, 0.717) is 28.9 Å². The van der Waals surface area contributed by atoms with E-state index in [9.17, 15) is 4.79 Å². The van der Waals surface area contributed by atoms with Crippen LogP contribution in [0.1, 0.15) is 20.3 Å². The smallest absolute Gasteiger partial charge is 0.274 e. The number of nitrogens with one attached hydrogen (secondary N) is 1. The lowest BCUT2D eigenvalue weighted by Crippen LogP contribution is -2.34. The van der Waals surface area contributed by atoms with Crippen LogP contribution in [-0.2, 0) is 11.3 Å². The third kappa shape index (κ3) is 4.16. The molecule has 8 heteroatoms. The number of ether oxygens (including phenoxy) is 2. The van der Waals surface area contributed by atoms with Gasteiger partial charge in [0.15, 0.2) is 11.5 Å². The third-order valence-electron chi connectivity index (χ3n) is 4.45. The number of hydrogen-bond acceptors (Lipinski definition) is 6. The van der Waals surface area contributed by atoms with Gasteiger partial charge in [0, 0.05) is 17.8 Å². The average Bonchev–Trinajstić information content (AvgIpc) is 3.36. The fraction of sp³-hybridized carbons (Fsp3) is 0.350. The number of nitrogens with zero attached hydrogens (tertiary/aromatic N) is 3. The molecule has 148 valence electrons. The maximum atomic E-state index is 12.2. The van der Waals surface area contributed by atoms with Crippen molar-refractivity contribution in [1.82, 2.24) is 20.0 Å². The summed E-state index contributed by atoms with van der Waals surface area (Å²) in [6.45, 7) is 4.18. The highest BCUT2D eigenvalue weighted by Crippen LogP contribution is 2.32. The summed E-state index contributed by atoms with van der Waals surface area (Å²) in [6, 6.07) is 9.20. The second-order valence-electron chi connectivity index (χ2n) is 6.39. The van der Waals surface area contributed by atoms with Crippen LogP contribution in [0.3, 0.4) is 0 Å². The largest absolute Gasteiger partial charge is 0.493 e. The standard InChI is InChI=1S/C20H24N4O4/c1-5-13(2)21-18(25)12-24-10-6-7-15(24)20-22-19(23-28-20)14-8-9-16(26-3)17(11-14)27-4/h6-11,13H,5,12H2,1-4H3,(H,21,25)/t13-/m0/s1. The molecule has 1 aromatic carbocycles. The highest BCUT2D eigenvalue weighted by Gasteiger charge is 2.17. The number of methoxy groups -OCH3 is 2. The highest BCUT2D eigenvalue weighted by molar-refractivity contribution is 5.76. The predicted octanol–water partition coefficient (Wildman–Crippen LogP) is 3.14. The van der Waals surface area contributed by atoms with Gasteiger partial charge in [0.25, 0.3) is 5.89 Å². The van der Waals surface area contributed by atoms with Crippen LogP contribution >= 0.6 is 0 Å². The molecule has 0 aliphatic rings. The van der Waals surface area contributed by atoms with Crippen LogP contribution in [0.15, 0.2) is 41.1 Å². The molecule has 1 atom stereocenters. The topological polar surface area (TPSA) is 91.4 Å². The zero-order valence-electron chi connectivity index (χ0n) is 16.4. The molecule has 0 spiro atoms. The molecule has 2 heterocycles. The van der Waals surface area contributed by atoms with Gasteiger partial charge in [0.1, 0.15) is 12.2 Å². The molecule has 1 amide bonds. The molecule has 0 aliphatic heterocycles. The monoisotopic (exact) mass is 384 g/mol. The fourth-order valence-electron chi connectivity index (χ4n) is 2.74.